The van der Waals surface area contributed by atoms with Gasteiger partial charge in [-0.25, -0.2) is 4.79 Å². The average molecular weight is 220 g/mol. The van der Waals surface area contributed by atoms with Crippen molar-refractivity contribution in [2.45, 2.75) is 12.5 Å². The second-order valence-electron chi connectivity index (χ2n) is 3.61. The van der Waals surface area contributed by atoms with Gasteiger partial charge in [0.15, 0.2) is 0 Å². The Hall–Kier alpha value is -1.85. The first kappa shape index (κ1) is 10.7. The van der Waals surface area contributed by atoms with Crippen LogP contribution in [0.1, 0.15) is 6.99 Å². The number of nitrogens with one attached hydrogen (secondary N) is 1. The van der Waals surface area contributed by atoms with Crippen LogP contribution in [-0.4, -0.2) is 17.0 Å². The van der Waals surface area contributed by atoms with Gasteiger partial charge in [-0.15, -0.1) is 0 Å². The summed E-state index contributed by atoms with van der Waals surface area (Å²) in [4.78, 5) is 18.3. The first-order valence-corrected chi connectivity index (χ1v) is 4.93. The lowest BCUT2D eigenvalue weighted by Crippen LogP contribution is -2.35. The fraction of sp³-hybridized carbons (Fsp3) is 0.182. The highest BCUT2D eigenvalue weighted by atomic mass is 16.7. The van der Waals surface area contributed by atoms with E-state index in [1.807, 2.05) is 30.5 Å². The van der Waals surface area contributed by atoms with E-state index in [1.54, 1.807) is 0 Å². The number of aromatic amines is 1. The Labute approximate surface area is 93.8 Å². The number of rotatable bonds is 3. The zero-order chi connectivity index (χ0) is 11.5. The molecule has 0 unspecified atom stereocenters. The number of hydrogen-bond donors (Lipinski definition) is 3. The summed E-state index contributed by atoms with van der Waals surface area (Å²) in [5, 5.41) is 1.06. The molecular formula is C11H14N3O2+. The Bertz CT molecular complexity index is 512. The fourth-order valence-corrected chi connectivity index (χ4v) is 1.71. The molecule has 0 aliphatic carbocycles. The quantitative estimate of drug-likeness (QED) is 0.659. The first-order valence-electron chi connectivity index (χ1n) is 4.93. The van der Waals surface area contributed by atoms with Crippen molar-refractivity contribution in [3.63, 3.8) is 0 Å². The maximum absolute atomic E-state index is 11.1. The molecule has 1 aromatic heterocycles. The van der Waals surface area contributed by atoms with E-state index in [4.69, 9.17) is 11.6 Å². The zero-order valence-electron chi connectivity index (χ0n) is 9.64. The van der Waals surface area contributed by atoms with Crippen molar-refractivity contribution >= 4 is 16.9 Å². The van der Waals surface area contributed by atoms with E-state index in [-0.39, 0.29) is 1.43 Å². The summed E-state index contributed by atoms with van der Waals surface area (Å²) >= 11 is 0. The van der Waals surface area contributed by atoms with Gasteiger partial charge in [0.05, 0.1) is 0 Å². The van der Waals surface area contributed by atoms with Crippen molar-refractivity contribution in [1.82, 2.24) is 4.98 Å². The fourth-order valence-electron chi connectivity index (χ4n) is 1.71. The minimum atomic E-state index is -0.732. The maximum atomic E-state index is 11.1. The van der Waals surface area contributed by atoms with Gasteiger partial charge in [-0.2, -0.15) is 5.90 Å². The van der Waals surface area contributed by atoms with Gasteiger partial charge in [0, 0.05) is 23.5 Å². The minimum Gasteiger partial charge on any atom is -0.372 e. The van der Waals surface area contributed by atoms with Gasteiger partial charge in [0.25, 0.3) is 0 Å². The molecule has 5 nitrogen and oxygen atoms in total. The molecule has 2 rings (SSSR count). The Balaban J connectivity index is 0.00000144. The van der Waals surface area contributed by atoms with Gasteiger partial charge in [0.1, 0.15) is 6.04 Å². The van der Waals surface area contributed by atoms with Crippen LogP contribution in [0.2, 0.25) is 0 Å². The van der Waals surface area contributed by atoms with Crippen LogP contribution in [0.25, 0.3) is 10.9 Å². The van der Waals surface area contributed by atoms with Crippen LogP contribution in [0.15, 0.2) is 30.5 Å². The van der Waals surface area contributed by atoms with E-state index in [1.165, 1.54) is 0 Å². The standard InChI is InChI=1S/C11H13N3O2/c12-9(11(15)16-13)5-7-6-14-10-4-2-1-3-8(7)10/h1-4,6,9,14H,5,12-13H2/p+1/t9-/m0/s1. The lowest BCUT2D eigenvalue weighted by atomic mass is 10.1. The third-order valence-corrected chi connectivity index (χ3v) is 2.53. The normalized spacial score (nSPS) is 12.6. The Morgan fingerprint density at radius 3 is 3.00 bits per heavy atom. The number of carbonyl (C=O) groups excluding carboxylic acids is 1. The van der Waals surface area contributed by atoms with Crippen LogP contribution >= 0.6 is 0 Å². The number of hydrogen-bond acceptors (Lipinski definition) is 4. The van der Waals surface area contributed by atoms with Crippen molar-refractivity contribution in [3.05, 3.63) is 36.0 Å². The molecule has 0 bridgehead atoms. The predicted octanol–water partition coefficient (Wildman–Crippen LogP) is 0.567. The van der Waals surface area contributed by atoms with E-state index in [9.17, 15) is 4.79 Å². The number of para-hydroxylation sites is 1. The van der Waals surface area contributed by atoms with Gasteiger partial charge in [-0.1, -0.05) is 18.2 Å². The summed E-state index contributed by atoms with van der Waals surface area (Å²) < 4.78 is 0. The number of nitrogens with two attached hydrogens (primary N) is 2. The molecule has 1 atom stereocenters. The lowest BCUT2D eigenvalue weighted by molar-refractivity contribution is -0.145. The van der Waals surface area contributed by atoms with Crippen LogP contribution < -0.4 is 11.6 Å². The smallest absolute Gasteiger partial charge is 0.372 e. The average Bonchev–Trinajstić information content (AvgIpc) is 2.72. The third kappa shape index (κ3) is 1.91. The Morgan fingerprint density at radius 2 is 2.25 bits per heavy atom. The number of fused-ring (bicyclic) bond motifs is 1. The van der Waals surface area contributed by atoms with E-state index in [2.05, 4.69) is 9.82 Å². The third-order valence-electron chi connectivity index (χ3n) is 2.53. The highest BCUT2D eigenvalue weighted by molar-refractivity contribution is 5.84. The molecule has 0 saturated carbocycles. The largest absolute Gasteiger partial charge is 1.00 e. The maximum Gasteiger partial charge on any atom is 1.00 e. The van der Waals surface area contributed by atoms with Gasteiger partial charge in [-0.05, 0) is 11.6 Å². The summed E-state index contributed by atoms with van der Waals surface area (Å²) in [6, 6.07) is 7.08. The molecule has 0 saturated heterocycles. The Kier molecular flexibility index (Phi) is 2.89. The summed E-state index contributed by atoms with van der Waals surface area (Å²) in [6.45, 7) is 0. The van der Waals surface area contributed by atoms with Crippen LogP contribution in [-0.2, 0) is 16.1 Å². The molecule has 0 fully saturated rings. The molecule has 0 spiro atoms. The van der Waals surface area contributed by atoms with Crippen LogP contribution in [0.3, 0.4) is 0 Å². The molecule has 16 heavy (non-hydrogen) atoms. The molecule has 2 aromatic rings. The van der Waals surface area contributed by atoms with Crippen molar-refractivity contribution in [3.8, 4) is 0 Å². The second kappa shape index (κ2) is 4.34. The van der Waals surface area contributed by atoms with Crippen LogP contribution in [0.4, 0.5) is 0 Å². The second-order valence-corrected chi connectivity index (χ2v) is 3.61. The Morgan fingerprint density at radius 1 is 1.50 bits per heavy atom. The number of carbonyl (C=O) groups is 1. The predicted molar refractivity (Wildman–Crippen MR) is 61.4 cm³/mol. The summed E-state index contributed by atoms with van der Waals surface area (Å²) in [6.07, 6.45) is 2.24. The molecule has 1 heterocycles. The van der Waals surface area contributed by atoms with Crippen LogP contribution in [0.5, 0.6) is 0 Å². The highest BCUT2D eigenvalue weighted by Crippen LogP contribution is 2.18. The monoisotopic (exact) mass is 220 g/mol. The van der Waals surface area contributed by atoms with Crippen LogP contribution in [0, 0.1) is 0 Å². The van der Waals surface area contributed by atoms with Gasteiger partial charge >= 0.3 is 7.40 Å². The van der Waals surface area contributed by atoms with Gasteiger partial charge < -0.3 is 15.6 Å². The zero-order valence-corrected chi connectivity index (χ0v) is 8.64. The van der Waals surface area contributed by atoms with E-state index in [0.717, 1.165) is 16.5 Å². The first-order chi connectivity index (χ1) is 7.72. The molecule has 5 N–H and O–H groups in total. The molecule has 84 valence electrons. The molecule has 0 amide bonds. The molecule has 5 heteroatoms. The molecule has 0 aliphatic rings. The summed E-state index contributed by atoms with van der Waals surface area (Å²) in [5.74, 6) is 4.17. The molecular weight excluding hydrogens is 206 g/mol. The van der Waals surface area contributed by atoms with Gasteiger partial charge in [0.2, 0.25) is 0 Å². The van der Waals surface area contributed by atoms with Crippen molar-refractivity contribution in [2.24, 2.45) is 11.6 Å². The number of aromatic nitrogens is 1. The van der Waals surface area contributed by atoms with Crippen molar-refractivity contribution < 1.29 is 11.1 Å². The van der Waals surface area contributed by atoms with Gasteiger partial charge in [-0.3, -0.25) is 0 Å². The van der Waals surface area contributed by atoms with E-state index < -0.39 is 12.0 Å². The SMILES string of the molecule is NOC(=O)[C@@H](N)Cc1c[nH]c2ccccc12.[H+]. The molecule has 0 radical (unpaired) electrons. The topological polar surface area (TPSA) is 94.1 Å². The lowest BCUT2D eigenvalue weighted by Gasteiger charge is -2.07. The summed E-state index contributed by atoms with van der Waals surface area (Å²) in [7, 11) is 0. The number of H-pyrrole nitrogens is 1. The molecule has 1 aromatic carbocycles. The highest BCUT2D eigenvalue weighted by Gasteiger charge is 2.16. The van der Waals surface area contributed by atoms with Crippen molar-refractivity contribution in [1.29, 1.82) is 0 Å². The van der Waals surface area contributed by atoms with E-state index >= 15 is 0 Å². The van der Waals surface area contributed by atoms with Crippen molar-refractivity contribution in [2.75, 3.05) is 0 Å². The minimum absolute atomic E-state index is 0. The number of benzene rings is 1. The summed E-state index contributed by atoms with van der Waals surface area (Å²) in [5.41, 5.74) is 7.64. The molecule has 0 aliphatic heterocycles. The van der Waals surface area contributed by atoms with E-state index in [0.29, 0.717) is 6.42 Å².